The van der Waals surface area contributed by atoms with Gasteiger partial charge in [-0.05, 0) is 6.07 Å². The first kappa shape index (κ1) is 14.9. The van der Waals surface area contributed by atoms with Crippen molar-refractivity contribution >= 4 is 5.97 Å². The molecule has 8 heteroatoms. The summed E-state index contributed by atoms with van der Waals surface area (Å²) in [5.74, 6) is -1.27. The topological polar surface area (TPSA) is 86.5 Å². The lowest BCUT2D eigenvalue weighted by atomic mass is 10.2. The van der Waals surface area contributed by atoms with Crippen LogP contribution >= 0.6 is 0 Å². The quantitative estimate of drug-likeness (QED) is 0.865. The van der Waals surface area contributed by atoms with Gasteiger partial charge in [-0.25, -0.2) is 13.9 Å². The second-order valence-corrected chi connectivity index (χ2v) is 4.24. The number of carboxylic acid groups (broad SMARTS) is 1. The number of carbonyl (C=O) groups is 1. The van der Waals surface area contributed by atoms with Gasteiger partial charge in [-0.2, -0.15) is 0 Å². The highest BCUT2D eigenvalue weighted by atomic mass is 19.1. The minimum atomic E-state index is -1.21. The van der Waals surface area contributed by atoms with Gasteiger partial charge in [0.05, 0.1) is 26.0 Å². The van der Waals surface area contributed by atoms with Crippen molar-refractivity contribution in [2.24, 2.45) is 0 Å². The van der Waals surface area contributed by atoms with Crippen LogP contribution in [0.25, 0.3) is 0 Å². The number of halogens is 1. The van der Waals surface area contributed by atoms with Gasteiger partial charge in [0.1, 0.15) is 11.6 Å². The molecule has 0 radical (unpaired) electrons. The van der Waals surface area contributed by atoms with Crippen LogP contribution < -0.4 is 4.74 Å². The van der Waals surface area contributed by atoms with Crippen LogP contribution in [0.1, 0.15) is 21.7 Å². The third-order valence-corrected chi connectivity index (χ3v) is 2.90. The van der Waals surface area contributed by atoms with E-state index in [0.29, 0.717) is 11.3 Å². The van der Waals surface area contributed by atoms with E-state index in [0.717, 1.165) is 0 Å². The normalized spacial score (nSPS) is 10.6. The number of hydrogen-bond acceptors (Lipinski definition) is 5. The molecule has 0 bridgehead atoms. The largest absolute Gasteiger partial charge is 0.497 e. The van der Waals surface area contributed by atoms with Crippen LogP contribution in [0.2, 0.25) is 0 Å². The van der Waals surface area contributed by atoms with Crippen molar-refractivity contribution in [2.45, 2.75) is 13.2 Å². The number of nitrogens with zero attached hydrogens (tertiary/aromatic N) is 3. The van der Waals surface area contributed by atoms with Gasteiger partial charge < -0.3 is 14.6 Å². The molecule has 0 saturated carbocycles. The Morgan fingerprint density at radius 3 is 2.76 bits per heavy atom. The van der Waals surface area contributed by atoms with Crippen LogP contribution in [-0.4, -0.2) is 40.3 Å². The molecule has 0 unspecified atom stereocenters. The molecule has 1 aromatic heterocycles. The number of hydrogen-bond donors (Lipinski definition) is 1. The van der Waals surface area contributed by atoms with E-state index in [4.69, 9.17) is 14.6 Å². The monoisotopic (exact) mass is 295 g/mol. The van der Waals surface area contributed by atoms with Gasteiger partial charge in [0, 0.05) is 18.7 Å². The highest BCUT2D eigenvalue weighted by Gasteiger charge is 2.19. The van der Waals surface area contributed by atoms with Crippen molar-refractivity contribution in [1.29, 1.82) is 0 Å². The van der Waals surface area contributed by atoms with Gasteiger partial charge in [-0.3, -0.25) is 0 Å². The Morgan fingerprint density at radius 1 is 1.43 bits per heavy atom. The standard InChI is InChI=1S/C13H14FN3O4/c1-20-7-11-12(13(18)19)15-16-17(11)6-8-3-4-9(21-2)5-10(8)14/h3-5H,6-7H2,1-2H3,(H,18,19). The molecule has 0 aliphatic heterocycles. The van der Waals surface area contributed by atoms with Crippen LogP contribution in [0.15, 0.2) is 18.2 Å². The molecule has 21 heavy (non-hydrogen) atoms. The number of ether oxygens (including phenoxy) is 2. The van der Waals surface area contributed by atoms with Gasteiger partial charge in [0.25, 0.3) is 0 Å². The Morgan fingerprint density at radius 2 is 2.19 bits per heavy atom. The molecule has 0 fully saturated rings. The molecule has 112 valence electrons. The zero-order valence-electron chi connectivity index (χ0n) is 11.5. The molecular weight excluding hydrogens is 281 g/mol. The van der Waals surface area contributed by atoms with Crippen LogP contribution in [0.4, 0.5) is 4.39 Å². The van der Waals surface area contributed by atoms with E-state index >= 15 is 0 Å². The molecule has 0 spiro atoms. The smallest absolute Gasteiger partial charge is 0.358 e. The fourth-order valence-corrected chi connectivity index (χ4v) is 1.85. The van der Waals surface area contributed by atoms with Crippen molar-refractivity contribution in [1.82, 2.24) is 15.0 Å². The molecule has 2 rings (SSSR count). The average Bonchev–Trinajstić information content (AvgIpc) is 2.84. The van der Waals surface area contributed by atoms with E-state index < -0.39 is 11.8 Å². The molecule has 7 nitrogen and oxygen atoms in total. The number of rotatable bonds is 6. The molecule has 2 aromatic rings. The highest BCUT2D eigenvalue weighted by Crippen LogP contribution is 2.18. The summed E-state index contributed by atoms with van der Waals surface area (Å²) in [5.41, 5.74) is 0.418. The van der Waals surface area contributed by atoms with Gasteiger partial charge in [0.15, 0.2) is 5.69 Å². The Bertz CT molecular complexity index is 657. The van der Waals surface area contributed by atoms with Crippen molar-refractivity contribution in [2.75, 3.05) is 14.2 Å². The first-order valence-electron chi connectivity index (χ1n) is 6.03. The summed E-state index contributed by atoms with van der Waals surface area (Å²) in [5, 5.41) is 16.4. The summed E-state index contributed by atoms with van der Waals surface area (Å²) < 4.78 is 25.1. The molecule has 1 aromatic carbocycles. The Kier molecular flexibility index (Phi) is 4.49. The minimum Gasteiger partial charge on any atom is -0.497 e. The minimum absolute atomic E-state index is 0.0202. The number of carboxylic acids is 1. The van der Waals surface area contributed by atoms with Crippen molar-refractivity contribution in [3.05, 3.63) is 41.0 Å². The van der Waals surface area contributed by atoms with Crippen LogP contribution in [-0.2, 0) is 17.9 Å². The second kappa shape index (κ2) is 6.31. The summed E-state index contributed by atoms with van der Waals surface area (Å²) in [6.45, 7) is 0.0706. The molecule has 0 amide bonds. The number of aromatic carboxylic acids is 1. The number of benzene rings is 1. The van der Waals surface area contributed by atoms with Gasteiger partial charge in [-0.1, -0.05) is 11.3 Å². The van der Waals surface area contributed by atoms with Crippen molar-refractivity contribution in [3.63, 3.8) is 0 Å². The third kappa shape index (κ3) is 3.16. The fourth-order valence-electron chi connectivity index (χ4n) is 1.85. The maximum Gasteiger partial charge on any atom is 0.358 e. The third-order valence-electron chi connectivity index (χ3n) is 2.90. The Hall–Kier alpha value is -2.48. The van der Waals surface area contributed by atoms with Gasteiger partial charge >= 0.3 is 5.97 Å². The van der Waals surface area contributed by atoms with Crippen LogP contribution in [0.3, 0.4) is 0 Å². The lowest BCUT2D eigenvalue weighted by Gasteiger charge is -2.08. The van der Waals surface area contributed by atoms with Crippen LogP contribution in [0, 0.1) is 5.82 Å². The van der Waals surface area contributed by atoms with Gasteiger partial charge in [0.2, 0.25) is 0 Å². The first-order chi connectivity index (χ1) is 10.1. The highest BCUT2D eigenvalue weighted by molar-refractivity contribution is 5.86. The second-order valence-electron chi connectivity index (χ2n) is 4.24. The lowest BCUT2D eigenvalue weighted by Crippen LogP contribution is -2.11. The molecule has 0 aliphatic carbocycles. The summed E-state index contributed by atoms with van der Waals surface area (Å²) in [4.78, 5) is 11.1. The first-order valence-corrected chi connectivity index (χ1v) is 6.03. The molecule has 0 atom stereocenters. The molecular formula is C13H14FN3O4. The maximum atomic E-state index is 13.9. The molecule has 1 heterocycles. The maximum absolute atomic E-state index is 13.9. The Balaban J connectivity index is 2.33. The molecule has 0 saturated heterocycles. The predicted molar refractivity (Wildman–Crippen MR) is 69.7 cm³/mol. The van der Waals surface area contributed by atoms with E-state index in [2.05, 4.69) is 10.3 Å². The molecule has 0 aliphatic rings. The van der Waals surface area contributed by atoms with E-state index in [1.54, 1.807) is 12.1 Å². The zero-order chi connectivity index (χ0) is 15.4. The van der Waals surface area contributed by atoms with Crippen molar-refractivity contribution < 1.29 is 23.8 Å². The van der Waals surface area contributed by atoms with E-state index in [-0.39, 0.29) is 24.5 Å². The fraction of sp³-hybridized carbons (Fsp3) is 0.308. The summed E-state index contributed by atoms with van der Waals surface area (Å²) in [6.07, 6.45) is 0. The average molecular weight is 295 g/mol. The van der Waals surface area contributed by atoms with Crippen LogP contribution in [0.5, 0.6) is 5.75 Å². The zero-order valence-corrected chi connectivity index (χ0v) is 11.5. The summed E-state index contributed by atoms with van der Waals surface area (Å²) >= 11 is 0. The number of aromatic nitrogens is 3. The number of methoxy groups -OCH3 is 2. The lowest BCUT2D eigenvalue weighted by molar-refractivity contribution is 0.0684. The Labute approximate surface area is 119 Å². The van der Waals surface area contributed by atoms with E-state index in [9.17, 15) is 9.18 Å². The SMILES string of the molecule is COCc1c(C(=O)O)nnn1Cc1ccc(OC)cc1F. The summed E-state index contributed by atoms with van der Waals surface area (Å²) in [6, 6.07) is 4.41. The van der Waals surface area contributed by atoms with Gasteiger partial charge in [-0.15, -0.1) is 5.10 Å². The van der Waals surface area contributed by atoms with E-state index in [1.165, 1.54) is 25.0 Å². The van der Waals surface area contributed by atoms with Crippen molar-refractivity contribution in [3.8, 4) is 5.75 Å². The predicted octanol–water partition coefficient (Wildman–Crippen LogP) is 1.32. The summed E-state index contributed by atoms with van der Waals surface area (Å²) in [7, 11) is 2.87. The molecule has 1 N–H and O–H groups in total. The van der Waals surface area contributed by atoms with E-state index in [1.807, 2.05) is 0 Å².